The van der Waals surface area contributed by atoms with Gasteiger partial charge in [0, 0.05) is 32.5 Å². The number of sulfonamides is 1. The number of alkyl halides is 3. The molecule has 3 rings (SSSR count). The summed E-state index contributed by atoms with van der Waals surface area (Å²) in [5, 5.41) is 2.82. The predicted molar refractivity (Wildman–Crippen MR) is 157 cm³/mol. The second kappa shape index (κ2) is 14.4. The molecule has 0 bridgehead atoms. The summed E-state index contributed by atoms with van der Waals surface area (Å²) in [6.07, 6.45) is -3.56. The average molecular weight is 604 g/mol. The number of rotatable bonds is 13. The summed E-state index contributed by atoms with van der Waals surface area (Å²) < 4.78 is 65.8. The van der Waals surface area contributed by atoms with Crippen molar-refractivity contribution in [2.45, 2.75) is 51.9 Å². The lowest BCUT2D eigenvalue weighted by Gasteiger charge is -2.32. The molecule has 1 atom stereocenters. The van der Waals surface area contributed by atoms with Crippen LogP contribution in [-0.2, 0) is 38.8 Å². The van der Waals surface area contributed by atoms with Gasteiger partial charge < -0.3 is 10.2 Å². The van der Waals surface area contributed by atoms with Crippen molar-refractivity contribution in [1.29, 1.82) is 0 Å². The number of halogens is 3. The molecule has 0 radical (unpaired) electrons. The largest absolute Gasteiger partial charge is 0.416 e. The van der Waals surface area contributed by atoms with Crippen molar-refractivity contribution in [3.05, 3.63) is 101 Å². The quantitative estimate of drug-likeness (QED) is 0.286. The van der Waals surface area contributed by atoms with Crippen LogP contribution in [0.3, 0.4) is 0 Å². The van der Waals surface area contributed by atoms with Crippen molar-refractivity contribution in [1.82, 2.24) is 10.2 Å². The molecule has 42 heavy (non-hydrogen) atoms. The van der Waals surface area contributed by atoms with Gasteiger partial charge in [-0.15, -0.1) is 0 Å². The molecular weight excluding hydrogens is 567 g/mol. The standard InChI is InChI=1S/C31H36F3N3O4S/c1-4-35-30(39)28(20-24-12-6-5-7-13-24)36(22-25-14-8-11-23(2)19-25)29(38)17-10-18-37(42(3,40)41)27-16-9-15-26(21-27)31(32,33)34/h5-9,11-16,19,21,28H,4,10,17-18,20,22H2,1-3H3,(H,35,39). The summed E-state index contributed by atoms with van der Waals surface area (Å²) in [5.41, 5.74) is 1.57. The van der Waals surface area contributed by atoms with Gasteiger partial charge in [0.25, 0.3) is 0 Å². The first-order valence-corrected chi connectivity index (χ1v) is 15.5. The van der Waals surface area contributed by atoms with E-state index in [2.05, 4.69) is 5.32 Å². The third kappa shape index (κ3) is 9.34. The molecule has 1 unspecified atom stereocenters. The highest BCUT2D eigenvalue weighted by Gasteiger charge is 2.32. The van der Waals surface area contributed by atoms with Gasteiger partial charge in [0.05, 0.1) is 17.5 Å². The highest BCUT2D eigenvalue weighted by molar-refractivity contribution is 7.92. The highest BCUT2D eigenvalue weighted by Crippen LogP contribution is 2.32. The van der Waals surface area contributed by atoms with Gasteiger partial charge in [0.15, 0.2) is 0 Å². The lowest BCUT2D eigenvalue weighted by molar-refractivity contribution is -0.141. The number of likely N-dealkylation sites (N-methyl/N-ethyl adjacent to an activating group) is 1. The van der Waals surface area contributed by atoms with Gasteiger partial charge >= 0.3 is 6.18 Å². The van der Waals surface area contributed by atoms with Crippen LogP contribution in [0.4, 0.5) is 18.9 Å². The Kier molecular flexibility index (Phi) is 11.2. The molecule has 1 N–H and O–H groups in total. The number of nitrogens with one attached hydrogen (secondary N) is 1. The van der Waals surface area contributed by atoms with Crippen LogP contribution in [0.5, 0.6) is 0 Å². The van der Waals surface area contributed by atoms with Crippen molar-refractivity contribution in [2.75, 3.05) is 23.7 Å². The Balaban J connectivity index is 1.88. The molecule has 0 aliphatic carbocycles. The van der Waals surface area contributed by atoms with E-state index in [0.717, 1.165) is 45.5 Å². The zero-order chi connectivity index (χ0) is 30.9. The van der Waals surface area contributed by atoms with E-state index in [9.17, 15) is 31.2 Å². The van der Waals surface area contributed by atoms with Crippen LogP contribution in [0, 0.1) is 6.92 Å². The van der Waals surface area contributed by atoms with E-state index in [-0.39, 0.29) is 49.9 Å². The van der Waals surface area contributed by atoms with Gasteiger partial charge in [-0.2, -0.15) is 13.2 Å². The summed E-state index contributed by atoms with van der Waals surface area (Å²) in [6, 6.07) is 20.1. The first-order valence-electron chi connectivity index (χ1n) is 13.6. The van der Waals surface area contributed by atoms with Crippen LogP contribution in [0.25, 0.3) is 0 Å². The maximum atomic E-state index is 13.8. The van der Waals surface area contributed by atoms with Crippen molar-refractivity contribution in [3.63, 3.8) is 0 Å². The van der Waals surface area contributed by atoms with Crippen LogP contribution in [0.15, 0.2) is 78.9 Å². The Morgan fingerprint density at radius 2 is 1.60 bits per heavy atom. The molecule has 0 saturated carbocycles. The minimum atomic E-state index is -4.64. The van der Waals surface area contributed by atoms with Crippen LogP contribution in [-0.4, -0.2) is 50.5 Å². The molecule has 0 aromatic heterocycles. The fourth-order valence-corrected chi connectivity index (χ4v) is 5.65. The molecule has 0 aliphatic heterocycles. The Morgan fingerprint density at radius 3 is 2.21 bits per heavy atom. The van der Waals surface area contributed by atoms with E-state index < -0.39 is 27.8 Å². The van der Waals surface area contributed by atoms with E-state index in [4.69, 9.17) is 0 Å². The summed E-state index contributed by atoms with van der Waals surface area (Å²) in [5.74, 6) is -0.690. The second-order valence-electron chi connectivity index (χ2n) is 10.1. The Labute approximate surface area is 245 Å². The number of aryl methyl sites for hydroxylation is 1. The number of carbonyl (C=O) groups excluding carboxylic acids is 2. The van der Waals surface area contributed by atoms with Crippen molar-refractivity contribution in [2.24, 2.45) is 0 Å². The maximum absolute atomic E-state index is 13.8. The lowest BCUT2D eigenvalue weighted by Crippen LogP contribution is -2.50. The molecule has 0 saturated heterocycles. The summed E-state index contributed by atoms with van der Waals surface area (Å²) >= 11 is 0. The molecule has 3 aromatic rings. The van der Waals surface area contributed by atoms with Crippen LogP contribution in [0.2, 0.25) is 0 Å². The number of nitrogens with zero attached hydrogens (tertiary/aromatic N) is 2. The monoisotopic (exact) mass is 603 g/mol. The maximum Gasteiger partial charge on any atom is 0.416 e. The topological polar surface area (TPSA) is 86.8 Å². The van der Waals surface area contributed by atoms with Gasteiger partial charge in [-0.05, 0) is 49.6 Å². The van der Waals surface area contributed by atoms with E-state index >= 15 is 0 Å². The molecule has 0 heterocycles. The smallest absolute Gasteiger partial charge is 0.355 e. The zero-order valence-electron chi connectivity index (χ0n) is 23.9. The SMILES string of the molecule is CCNC(=O)C(Cc1ccccc1)N(Cc1cccc(C)c1)C(=O)CCCN(c1cccc(C(F)(F)F)c1)S(C)(=O)=O. The molecule has 0 fully saturated rings. The fraction of sp³-hybridized carbons (Fsp3) is 0.355. The van der Waals surface area contributed by atoms with E-state index in [1.807, 2.05) is 61.5 Å². The van der Waals surface area contributed by atoms with Gasteiger partial charge in [0.2, 0.25) is 21.8 Å². The average Bonchev–Trinajstić information content (AvgIpc) is 2.92. The number of anilines is 1. The van der Waals surface area contributed by atoms with E-state index in [1.165, 1.54) is 11.0 Å². The van der Waals surface area contributed by atoms with Crippen molar-refractivity contribution >= 4 is 27.5 Å². The number of carbonyl (C=O) groups is 2. The second-order valence-corrected chi connectivity index (χ2v) is 12.0. The molecule has 0 aliphatic rings. The predicted octanol–water partition coefficient (Wildman–Crippen LogP) is 5.34. The molecule has 7 nitrogen and oxygen atoms in total. The van der Waals surface area contributed by atoms with E-state index in [0.29, 0.717) is 6.54 Å². The third-order valence-corrected chi connectivity index (χ3v) is 7.87. The number of benzene rings is 3. The van der Waals surface area contributed by atoms with Crippen LogP contribution >= 0.6 is 0 Å². The van der Waals surface area contributed by atoms with Gasteiger partial charge in [0.1, 0.15) is 6.04 Å². The molecule has 2 amide bonds. The number of amides is 2. The molecule has 11 heteroatoms. The van der Waals surface area contributed by atoms with Gasteiger partial charge in [-0.1, -0.05) is 66.2 Å². The molecule has 3 aromatic carbocycles. The third-order valence-electron chi connectivity index (χ3n) is 6.67. The first kappa shape index (κ1) is 32.7. The lowest BCUT2D eigenvalue weighted by atomic mass is 10.0. The number of hydrogen-bond acceptors (Lipinski definition) is 4. The minimum Gasteiger partial charge on any atom is -0.355 e. The Hall–Kier alpha value is -3.86. The summed E-state index contributed by atoms with van der Waals surface area (Å²) in [4.78, 5) is 28.5. The molecule has 226 valence electrons. The van der Waals surface area contributed by atoms with Crippen LogP contribution < -0.4 is 9.62 Å². The van der Waals surface area contributed by atoms with Crippen LogP contribution in [0.1, 0.15) is 42.0 Å². The fourth-order valence-electron chi connectivity index (χ4n) is 4.69. The zero-order valence-corrected chi connectivity index (χ0v) is 24.7. The summed E-state index contributed by atoms with van der Waals surface area (Å²) in [6.45, 7) is 4.02. The van der Waals surface area contributed by atoms with E-state index in [1.54, 1.807) is 6.92 Å². The molecular formula is C31H36F3N3O4S. The van der Waals surface area contributed by atoms with Gasteiger partial charge in [-0.25, -0.2) is 8.42 Å². The highest BCUT2D eigenvalue weighted by atomic mass is 32.2. The Bertz CT molecular complexity index is 1460. The first-order chi connectivity index (χ1) is 19.8. The molecule has 0 spiro atoms. The summed E-state index contributed by atoms with van der Waals surface area (Å²) in [7, 11) is -3.95. The van der Waals surface area contributed by atoms with Crippen molar-refractivity contribution in [3.8, 4) is 0 Å². The normalized spacial score (nSPS) is 12.4. The Morgan fingerprint density at radius 1 is 0.929 bits per heavy atom. The van der Waals surface area contributed by atoms with Gasteiger partial charge in [-0.3, -0.25) is 13.9 Å². The van der Waals surface area contributed by atoms with Crippen molar-refractivity contribution < 1.29 is 31.2 Å². The minimum absolute atomic E-state index is 0.0277. The number of hydrogen-bond donors (Lipinski definition) is 1.